The van der Waals surface area contributed by atoms with Gasteiger partial charge in [0.1, 0.15) is 5.69 Å². The molecular weight excluding hydrogens is 172 g/mol. The van der Waals surface area contributed by atoms with Crippen molar-refractivity contribution in [3.8, 4) is 0 Å². The molecule has 0 unspecified atom stereocenters. The van der Waals surface area contributed by atoms with Crippen LogP contribution < -0.4 is 0 Å². The van der Waals surface area contributed by atoms with Crippen LogP contribution in [0.25, 0.3) is 0 Å². The Labute approximate surface area is 74.6 Å². The highest BCUT2D eigenvalue weighted by molar-refractivity contribution is 5.76. The summed E-state index contributed by atoms with van der Waals surface area (Å²) in [6.07, 6.45) is 1.84. The van der Waals surface area contributed by atoms with E-state index in [2.05, 4.69) is 4.98 Å². The van der Waals surface area contributed by atoms with Crippen LogP contribution in [-0.4, -0.2) is 16.2 Å². The molecule has 0 aromatic carbocycles. The van der Waals surface area contributed by atoms with E-state index >= 15 is 0 Å². The van der Waals surface area contributed by atoms with E-state index in [1.165, 1.54) is 13.1 Å². The van der Waals surface area contributed by atoms with E-state index in [-0.39, 0.29) is 11.4 Å². The molecular formula is C8H8N2O3. The van der Waals surface area contributed by atoms with Gasteiger partial charge < -0.3 is 0 Å². The normalized spacial score (nSPS) is 9.69. The predicted molar refractivity (Wildman–Crippen MR) is 45.8 cm³/mol. The van der Waals surface area contributed by atoms with Crippen LogP contribution in [0.15, 0.2) is 6.20 Å². The molecule has 5 nitrogen and oxygen atoms in total. The number of hydrogen-bond donors (Lipinski definition) is 0. The van der Waals surface area contributed by atoms with Gasteiger partial charge in [-0.3, -0.25) is 19.9 Å². The first-order chi connectivity index (χ1) is 6.07. The lowest BCUT2D eigenvalue weighted by molar-refractivity contribution is -0.386. The second kappa shape index (κ2) is 3.30. The SMILES string of the molecule is Cc1cnc(C=O)c(C)c1[N+](=O)[O-]. The standard InChI is InChI=1S/C8H8N2O3/c1-5-3-9-7(4-11)6(2)8(5)10(12)13/h3-4H,1-2H3. The van der Waals surface area contributed by atoms with Crippen molar-refractivity contribution < 1.29 is 9.72 Å². The number of aromatic nitrogens is 1. The Morgan fingerprint density at radius 3 is 2.62 bits per heavy atom. The van der Waals surface area contributed by atoms with Gasteiger partial charge in [0.15, 0.2) is 6.29 Å². The lowest BCUT2D eigenvalue weighted by Gasteiger charge is -2.01. The molecule has 0 aliphatic heterocycles. The number of carbonyl (C=O) groups is 1. The fraction of sp³-hybridized carbons (Fsp3) is 0.250. The second-order valence-corrected chi connectivity index (χ2v) is 2.68. The average molecular weight is 180 g/mol. The van der Waals surface area contributed by atoms with Crippen molar-refractivity contribution in [1.82, 2.24) is 4.98 Å². The molecule has 1 aromatic rings. The Morgan fingerprint density at radius 2 is 2.15 bits per heavy atom. The number of rotatable bonds is 2. The average Bonchev–Trinajstić information content (AvgIpc) is 2.04. The molecule has 0 radical (unpaired) electrons. The number of carbonyl (C=O) groups excluding carboxylic acids is 1. The monoisotopic (exact) mass is 180 g/mol. The molecule has 5 heteroatoms. The molecule has 0 amide bonds. The molecule has 0 aliphatic rings. The highest BCUT2D eigenvalue weighted by Crippen LogP contribution is 2.22. The maximum absolute atomic E-state index is 10.6. The molecule has 0 saturated heterocycles. The summed E-state index contributed by atoms with van der Waals surface area (Å²) in [5.41, 5.74) is 0.877. The van der Waals surface area contributed by atoms with Gasteiger partial charge in [-0.2, -0.15) is 0 Å². The molecule has 1 heterocycles. The zero-order valence-corrected chi connectivity index (χ0v) is 7.27. The summed E-state index contributed by atoms with van der Waals surface area (Å²) in [5, 5.41) is 10.6. The highest BCUT2D eigenvalue weighted by atomic mass is 16.6. The summed E-state index contributed by atoms with van der Waals surface area (Å²) < 4.78 is 0. The van der Waals surface area contributed by atoms with Crippen molar-refractivity contribution in [3.05, 3.63) is 33.1 Å². The van der Waals surface area contributed by atoms with Gasteiger partial charge in [-0.1, -0.05) is 0 Å². The van der Waals surface area contributed by atoms with E-state index in [0.717, 1.165) is 0 Å². The Bertz CT molecular complexity index is 374. The Kier molecular flexibility index (Phi) is 2.36. The van der Waals surface area contributed by atoms with Crippen molar-refractivity contribution >= 4 is 12.0 Å². The maximum atomic E-state index is 10.6. The minimum atomic E-state index is -0.501. The number of pyridine rings is 1. The fourth-order valence-corrected chi connectivity index (χ4v) is 1.14. The first kappa shape index (κ1) is 9.31. The predicted octanol–water partition coefficient (Wildman–Crippen LogP) is 1.42. The van der Waals surface area contributed by atoms with Crippen molar-refractivity contribution in [2.45, 2.75) is 13.8 Å². The molecule has 0 bridgehead atoms. The zero-order chi connectivity index (χ0) is 10.0. The third-order valence-corrected chi connectivity index (χ3v) is 1.80. The molecule has 68 valence electrons. The van der Waals surface area contributed by atoms with Crippen molar-refractivity contribution in [2.75, 3.05) is 0 Å². The van der Waals surface area contributed by atoms with Crippen LogP contribution in [0.4, 0.5) is 5.69 Å². The summed E-state index contributed by atoms with van der Waals surface area (Å²) in [5.74, 6) is 0. The minimum Gasteiger partial charge on any atom is -0.296 e. The van der Waals surface area contributed by atoms with Gasteiger partial charge in [-0.15, -0.1) is 0 Å². The van der Waals surface area contributed by atoms with Gasteiger partial charge in [0.05, 0.1) is 10.5 Å². The van der Waals surface area contributed by atoms with Crippen molar-refractivity contribution in [2.24, 2.45) is 0 Å². The highest BCUT2D eigenvalue weighted by Gasteiger charge is 2.17. The van der Waals surface area contributed by atoms with Gasteiger partial charge in [-0.05, 0) is 13.8 Å². The fourth-order valence-electron chi connectivity index (χ4n) is 1.14. The molecule has 0 aliphatic carbocycles. The van der Waals surface area contributed by atoms with Crippen molar-refractivity contribution in [1.29, 1.82) is 0 Å². The maximum Gasteiger partial charge on any atom is 0.278 e. The quantitative estimate of drug-likeness (QED) is 0.392. The lowest BCUT2D eigenvalue weighted by Crippen LogP contribution is -2.01. The molecule has 1 rings (SSSR count). The third kappa shape index (κ3) is 1.53. The summed E-state index contributed by atoms with van der Waals surface area (Å²) in [6.45, 7) is 3.11. The van der Waals surface area contributed by atoms with E-state index in [9.17, 15) is 14.9 Å². The lowest BCUT2D eigenvalue weighted by atomic mass is 10.1. The van der Waals surface area contributed by atoms with Gasteiger partial charge >= 0.3 is 0 Å². The van der Waals surface area contributed by atoms with Crippen LogP contribution in [0.2, 0.25) is 0 Å². The number of nitrogens with zero attached hydrogens (tertiary/aromatic N) is 2. The molecule has 0 N–H and O–H groups in total. The second-order valence-electron chi connectivity index (χ2n) is 2.68. The third-order valence-electron chi connectivity index (χ3n) is 1.80. The number of nitro groups is 1. The van der Waals surface area contributed by atoms with E-state index < -0.39 is 4.92 Å². The topological polar surface area (TPSA) is 73.1 Å². The Hall–Kier alpha value is -1.78. The number of aryl methyl sites for hydroxylation is 1. The van der Waals surface area contributed by atoms with Gasteiger partial charge in [0, 0.05) is 11.8 Å². The van der Waals surface area contributed by atoms with Gasteiger partial charge in [0.2, 0.25) is 0 Å². The number of hydrogen-bond acceptors (Lipinski definition) is 4. The van der Waals surface area contributed by atoms with Crippen LogP contribution in [0.5, 0.6) is 0 Å². The summed E-state index contributed by atoms with van der Waals surface area (Å²) in [4.78, 5) is 24.3. The van der Waals surface area contributed by atoms with Crippen LogP contribution in [0, 0.1) is 24.0 Å². The van der Waals surface area contributed by atoms with E-state index in [4.69, 9.17) is 0 Å². The Morgan fingerprint density at radius 1 is 1.54 bits per heavy atom. The summed E-state index contributed by atoms with van der Waals surface area (Å²) in [7, 11) is 0. The van der Waals surface area contributed by atoms with Gasteiger partial charge in [-0.25, -0.2) is 0 Å². The van der Waals surface area contributed by atoms with Crippen LogP contribution in [0.3, 0.4) is 0 Å². The van der Waals surface area contributed by atoms with Crippen LogP contribution in [0.1, 0.15) is 21.6 Å². The summed E-state index contributed by atoms with van der Waals surface area (Å²) >= 11 is 0. The molecule has 1 aromatic heterocycles. The smallest absolute Gasteiger partial charge is 0.278 e. The first-order valence-corrected chi connectivity index (χ1v) is 3.63. The van der Waals surface area contributed by atoms with E-state index in [0.29, 0.717) is 17.4 Å². The molecule has 13 heavy (non-hydrogen) atoms. The van der Waals surface area contributed by atoms with Crippen LogP contribution >= 0.6 is 0 Å². The minimum absolute atomic E-state index is 0.0305. The zero-order valence-electron chi connectivity index (χ0n) is 7.27. The van der Waals surface area contributed by atoms with Crippen LogP contribution in [-0.2, 0) is 0 Å². The molecule has 0 spiro atoms. The van der Waals surface area contributed by atoms with E-state index in [1.807, 2.05) is 0 Å². The summed E-state index contributed by atoms with van der Waals surface area (Å²) in [6, 6.07) is 0. The number of aldehydes is 1. The first-order valence-electron chi connectivity index (χ1n) is 3.63. The van der Waals surface area contributed by atoms with Crippen molar-refractivity contribution in [3.63, 3.8) is 0 Å². The molecule has 0 saturated carbocycles. The van der Waals surface area contributed by atoms with E-state index in [1.54, 1.807) is 6.92 Å². The van der Waals surface area contributed by atoms with Gasteiger partial charge in [0.25, 0.3) is 5.69 Å². The molecule has 0 atom stereocenters. The largest absolute Gasteiger partial charge is 0.296 e. The Balaban J connectivity index is 3.47. The molecule has 0 fully saturated rings.